The second-order valence-corrected chi connectivity index (χ2v) is 7.25. The maximum Gasteiger partial charge on any atom is 0.253 e. The fourth-order valence-corrected chi connectivity index (χ4v) is 3.60. The largest absolute Gasteiger partial charge is 0.348 e. The van der Waals surface area contributed by atoms with Crippen LogP contribution in [0.1, 0.15) is 21.7 Å². The Morgan fingerprint density at radius 2 is 2.00 bits per heavy atom. The summed E-state index contributed by atoms with van der Waals surface area (Å²) in [5.74, 6) is 0.346. The number of nitrogens with zero attached hydrogens (tertiary/aromatic N) is 4. The summed E-state index contributed by atoms with van der Waals surface area (Å²) in [7, 11) is 4.15. The maximum atomic E-state index is 12.7. The van der Waals surface area contributed by atoms with E-state index in [2.05, 4.69) is 39.2 Å². The summed E-state index contributed by atoms with van der Waals surface area (Å²) in [5.41, 5.74) is 2.47. The van der Waals surface area contributed by atoms with E-state index in [-0.39, 0.29) is 11.9 Å². The third kappa shape index (κ3) is 4.65. The first kappa shape index (κ1) is 18.5. The average Bonchev–Trinajstić information content (AvgIpc) is 2.96. The van der Waals surface area contributed by atoms with Crippen LogP contribution in [0, 0.1) is 12.8 Å². The molecule has 1 aliphatic rings. The summed E-state index contributed by atoms with van der Waals surface area (Å²) in [6.45, 7) is 5.40. The number of amides is 1. The van der Waals surface area contributed by atoms with Crippen molar-refractivity contribution in [3.63, 3.8) is 0 Å². The molecule has 0 unspecified atom stereocenters. The van der Waals surface area contributed by atoms with Gasteiger partial charge in [-0.2, -0.15) is 0 Å². The van der Waals surface area contributed by atoms with E-state index in [4.69, 9.17) is 0 Å². The Morgan fingerprint density at radius 1 is 1.19 bits per heavy atom. The summed E-state index contributed by atoms with van der Waals surface area (Å²) >= 11 is 0. The number of pyridine rings is 2. The van der Waals surface area contributed by atoms with Crippen molar-refractivity contribution in [1.82, 2.24) is 25.1 Å². The third-order valence-corrected chi connectivity index (χ3v) is 4.80. The molecule has 3 rings (SSSR count). The molecule has 0 aliphatic carbocycles. The van der Waals surface area contributed by atoms with Crippen molar-refractivity contribution in [2.45, 2.75) is 19.5 Å². The minimum atomic E-state index is -0.0379. The van der Waals surface area contributed by atoms with Crippen LogP contribution in [0.4, 0.5) is 0 Å². The van der Waals surface area contributed by atoms with Gasteiger partial charge >= 0.3 is 0 Å². The lowest BCUT2D eigenvalue weighted by Crippen LogP contribution is -2.43. The Labute approximate surface area is 155 Å². The highest BCUT2D eigenvalue weighted by molar-refractivity contribution is 5.95. The Kier molecular flexibility index (Phi) is 5.96. The van der Waals surface area contributed by atoms with Crippen LogP contribution in [-0.4, -0.2) is 65.4 Å². The number of hydrogen-bond donors (Lipinski definition) is 1. The van der Waals surface area contributed by atoms with E-state index < -0.39 is 0 Å². The first-order valence-electron chi connectivity index (χ1n) is 9.02. The molecule has 1 N–H and O–H groups in total. The molecule has 1 amide bonds. The number of nitrogens with one attached hydrogen (secondary N) is 1. The highest BCUT2D eigenvalue weighted by Gasteiger charge is 2.34. The van der Waals surface area contributed by atoms with E-state index in [1.165, 1.54) is 0 Å². The van der Waals surface area contributed by atoms with Gasteiger partial charge in [0.1, 0.15) is 0 Å². The molecule has 1 aliphatic heterocycles. The first-order valence-corrected chi connectivity index (χ1v) is 9.02. The molecule has 0 bridgehead atoms. The number of aromatic nitrogens is 2. The molecule has 0 saturated carbocycles. The fraction of sp³-hybridized carbons (Fsp3) is 0.450. The molecular weight excluding hydrogens is 326 g/mol. The van der Waals surface area contributed by atoms with Crippen molar-refractivity contribution in [1.29, 1.82) is 0 Å². The van der Waals surface area contributed by atoms with Gasteiger partial charge in [-0.3, -0.25) is 19.7 Å². The van der Waals surface area contributed by atoms with Gasteiger partial charge in [0, 0.05) is 56.2 Å². The van der Waals surface area contributed by atoms with Crippen LogP contribution in [-0.2, 0) is 6.54 Å². The molecule has 0 aromatic carbocycles. The number of likely N-dealkylation sites (tertiary alicyclic amines) is 1. The van der Waals surface area contributed by atoms with Crippen LogP contribution < -0.4 is 5.32 Å². The zero-order valence-corrected chi connectivity index (χ0v) is 15.7. The monoisotopic (exact) mass is 353 g/mol. The standard InChI is InChI=1S/C20H27N5O/c1-15-18(8-6-10-21-15)20(26)23-19-14-25(12-16(19)11-24(2)3)13-17-7-4-5-9-22-17/h4-10,16,19H,11-14H2,1-3H3,(H,23,26)/t16-,19-/m1/s1. The Bertz CT molecular complexity index is 734. The number of rotatable bonds is 6. The fourth-order valence-electron chi connectivity index (χ4n) is 3.60. The highest BCUT2D eigenvalue weighted by Crippen LogP contribution is 2.20. The topological polar surface area (TPSA) is 61.4 Å². The quantitative estimate of drug-likeness (QED) is 0.854. The molecule has 2 aromatic heterocycles. The molecule has 1 saturated heterocycles. The molecule has 3 heterocycles. The molecule has 2 atom stereocenters. The number of hydrogen-bond acceptors (Lipinski definition) is 5. The van der Waals surface area contributed by atoms with Crippen LogP contribution in [0.25, 0.3) is 0 Å². The van der Waals surface area contributed by atoms with Crippen LogP contribution >= 0.6 is 0 Å². The number of aryl methyl sites for hydroxylation is 1. The third-order valence-electron chi connectivity index (χ3n) is 4.80. The van der Waals surface area contributed by atoms with Gasteiger partial charge < -0.3 is 10.2 Å². The number of carbonyl (C=O) groups excluding carboxylic acids is 1. The van der Waals surface area contributed by atoms with Crippen LogP contribution in [0.15, 0.2) is 42.7 Å². The molecule has 6 nitrogen and oxygen atoms in total. The van der Waals surface area contributed by atoms with E-state index in [0.717, 1.165) is 37.6 Å². The van der Waals surface area contributed by atoms with Crippen LogP contribution in [0.2, 0.25) is 0 Å². The minimum absolute atomic E-state index is 0.0379. The molecular formula is C20H27N5O. The van der Waals surface area contributed by atoms with E-state index in [1.807, 2.05) is 37.4 Å². The lowest BCUT2D eigenvalue weighted by Gasteiger charge is -2.23. The summed E-state index contributed by atoms with van der Waals surface area (Å²) in [6, 6.07) is 9.75. The van der Waals surface area contributed by atoms with Gasteiger partial charge in [0.05, 0.1) is 11.3 Å². The second-order valence-electron chi connectivity index (χ2n) is 7.25. The second kappa shape index (κ2) is 8.38. The Balaban J connectivity index is 1.69. The predicted molar refractivity (Wildman–Crippen MR) is 102 cm³/mol. The van der Waals surface area contributed by atoms with E-state index >= 15 is 0 Å². The van der Waals surface area contributed by atoms with Crippen LogP contribution in [0.5, 0.6) is 0 Å². The zero-order valence-electron chi connectivity index (χ0n) is 15.7. The maximum absolute atomic E-state index is 12.7. The lowest BCUT2D eigenvalue weighted by molar-refractivity contribution is 0.0925. The highest BCUT2D eigenvalue weighted by atomic mass is 16.1. The smallest absolute Gasteiger partial charge is 0.253 e. The van der Waals surface area contributed by atoms with Gasteiger partial charge in [0.25, 0.3) is 5.91 Å². The van der Waals surface area contributed by atoms with Crippen molar-refractivity contribution in [2.75, 3.05) is 33.7 Å². The number of carbonyl (C=O) groups is 1. The van der Waals surface area contributed by atoms with Gasteiger partial charge in [-0.25, -0.2) is 0 Å². The van der Waals surface area contributed by atoms with E-state index in [1.54, 1.807) is 12.3 Å². The zero-order chi connectivity index (χ0) is 18.5. The van der Waals surface area contributed by atoms with Gasteiger partial charge in [-0.15, -0.1) is 0 Å². The Hall–Kier alpha value is -2.31. The molecule has 6 heteroatoms. The van der Waals surface area contributed by atoms with Crippen molar-refractivity contribution in [2.24, 2.45) is 5.92 Å². The molecule has 26 heavy (non-hydrogen) atoms. The molecule has 1 fully saturated rings. The van der Waals surface area contributed by atoms with Crippen molar-refractivity contribution >= 4 is 5.91 Å². The van der Waals surface area contributed by atoms with Gasteiger partial charge in [0.15, 0.2) is 0 Å². The van der Waals surface area contributed by atoms with E-state index in [9.17, 15) is 4.79 Å². The van der Waals surface area contributed by atoms with Gasteiger partial charge in [0.2, 0.25) is 0 Å². The average molecular weight is 353 g/mol. The molecule has 0 radical (unpaired) electrons. The first-order chi connectivity index (χ1) is 12.5. The van der Waals surface area contributed by atoms with Crippen molar-refractivity contribution in [3.05, 3.63) is 59.7 Å². The summed E-state index contributed by atoms with van der Waals surface area (Å²) in [5, 5.41) is 3.24. The summed E-state index contributed by atoms with van der Waals surface area (Å²) in [4.78, 5) is 25.9. The van der Waals surface area contributed by atoms with Gasteiger partial charge in [-0.1, -0.05) is 6.07 Å². The molecule has 138 valence electrons. The summed E-state index contributed by atoms with van der Waals surface area (Å²) in [6.07, 6.45) is 3.54. The normalized spacial score (nSPS) is 20.5. The Morgan fingerprint density at radius 3 is 2.69 bits per heavy atom. The van der Waals surface area contributed by atoms with Crippen LogP contribution in [0.3, 0.4) is 0 Å². The van der Waals surface area contributed by atoms with Crippen molar-refractivity contribution in [3.8, 4) is 0 Å². The van der Waals surface area contributed by atoms with E-state index in [0.29, 0.717) is 11.5 Å². The van der Waals surface area contributed by atoms with Gasteiger partial charge in [-0.05, 0) is 45.3 Å². The summed E-state index contributed by atoms with van der Waals surface area (Å²) < 4.78 is 0. The molecule has 2 aromatic rings. The SMILES string of the molecule is Cc1ncccc1C(=O)N[C@@H]1CN(Cc2ccccn2)C[C@H]1CN(C)C. The lowest BCUT2D eigenvalue weighted by atomic mass is 10.0. The predicted octanol–water partition coefficient (Wildman–Crippen LogP) is 1.58. The van der Waals surface area contributed by atoms with Crippen molar-refractivity contribution < 1.29 is 4.79 Å². The molecule has 0 spiro atoms. The minimum Gasteiger partial charge on any atom is -0.348 e.